The molecule has 6 nitrogen and oxygen atoms in total. The van der Waals surface area contributed by atoms with Gasteiger partial charge in [-0.2, -0.15) is 0 Å². The first-order valence-corrected chi connectivity index (χ1v) is 6.65. The van der Waals surface area contributed by atoms with Crippen molar-refractivity contribution >= 4 is 11.6 Å². The van der Waals surface area contributed by atoms with Crippen molar-refractivity contribution in [2.75, 3.05) is 5.32 Å². The van der Waals surface area contributed by atoms with Gasteiger partial charge in [-0.1, -0.05) is 6.07 Å². The van der Waals surface area contributed by atoms with Crippen LogP contribution >= 0.6 is 0 Å². The van der Waals surface area contributed by atoms with Crippen LogP contribution in [-0.4, -0.2) is 26.1 Å². The topological polar surface area (TPSA) is 72.7 Å². The van der Waals surface area contributed by atoms with Crippen molar-refractivity contribution in [2.24, 2.45) is 0 Å². The van der Waals surface area contributed by atoms with E-state index in [0.29, 0.717) is 11.4 Å². The number of carbonyl (C=O) groups is 1. The zero-order valence-corrected chi connectivity index (χ0v) is 12.0. The highest BCUT2D eigenvalue weighted by molar-refractivity contribution is 6.04. The summed E-state index contributed by atoms with van der Waals surface area (Å²) in [6.45, 7) is 1.87. The molecule has 2 aromatic carbocycles. The molecule has 0 unspecified atom stereocenters. The molecule has 0 aliphatic carbocycles. The van der Waals surface area contributed by atoms with Gasteiger partial charge in [0.25, 0.3) is 5.91 Å². The van der Waals surface area contributed by atoms with Crippen molar-refractivity contribution < 1.29 is 13.6 Å². The van der Waals surface area contributed by atoms with Gasteiger partial charge in [0.05, 0.1) is 5.69 Å². The van der Waals surface area contributed by atoms with Crippen LogP contribution in [0.2, 0.25) is 0 Å². The van der Waals surface area contributed by atoms with Crippen molar-refractivity contribution in [1.82, 2.24) is 20.2 Å². The number of anilines is 1. The second-order valence-electron chi connectivity index (χ2n) is 4.84. The van der Waals surface area contributed by atoms with Gasteiger partial charge in [0.1, 0.15) is 6.33 Å². The predicted octanol–water partition coefficient (Wildman–Crippen LogP) is 2.50. The number of amides is 1. The van der Waals surface area contributed by atoms with Crippen molar-refractivity contribution in [3.63, 3.8) is 0 Å². The fourth-order valence-electron chi connectivity index (χ4n) is 2.05. The third kappa shape index (κ3) is 3.05. The zero-order chi connectivity index (χ0) is 16.4. The Morgan fingerprint density at radius 1 is 1.13 bits per heavy atom. The average molecular weight is 315 g/mol. The summed E-state index contributed by atoms with van der Waals surface area (Å²) in [5, 5.41) is 13.6. The Hall–Kier alpha value is -3.16. The van der Waals surface area contributed by atoms with E-state index < -0.39 is 17.5 Å². The number of nitrogens with zero attached hydrogens (tertiary/aromatic N) is 4. The van der Waals surface area contributed by atoms with E-state index in [1.807, 2.05) is 6.92 Å². The molecule has 0 saturated carbocycles. The second kappa shape index (κ2) is 5.91. The molecule has 1 N–H and O–H groups in total. The molecule has 0 saturated heterocycles. The second-order valence-corrected chi connectivity index (χ2v) is 4.84. The van der Waals surface area contributed by atoms with Crippen LogP contribution in [0.25, 0.3) is 5.69 Å². The maximum absolute atomic E-state index is 13.2. The van der Waals surface area contributed by atoms with E-state index in [9.17, 15) is 13.6 Å². The minimum atomic E-state index is -1.07. The molecular formula is C15H11F2N5O. The molecule has 0 atom stereocenters. The number of carbonyl (C=O) groups excluding carboxylic acids is 1. The monoisotopic (exact) mass is 315 g/mol. The summed E-state index contributed by atoms with van der Waals surface area (Å²) in [6.07, 6.45) is 1.43. The van der Waals surface area contributed by atoms with Crippen molar-refractivity contribution in [2.45, 2.75) is 6.92 Å². The summed E-state index contributed by atoms with van der Waals surface area (Å²) in [5.74, 6) is -2.62. The van der Waals surface area contributed by atoms with E-state index in [4.69, 9.17) is 0 Å². The molecule has 1 amide bonds. The van der Waals surface area contributed by atoms with Crippen LogP contribution in [0.4, 0.5) is 14.5 Å². The van der Waals surface area contributed by atoms with Gasteiger partial charge in [0.2, 0.25) is 0 Å². The molecule has 0 aliphatic rings. The van der Waals surface area contributed by atoms with Crippen LogP contribution in [-0.2, 0) is 0 Å². The van der Waals surface area contributed by atoms with E-state index in [0.717, 1.165) is 17.7 Å². The summed E-state index contributed by atoms with van der Waals surface area (Å²) in [5.41, 5.74) is 2.10. The van der Waals surface area contributed by atoms with Crippen LogP contribution in [0.1, 0.15) is 15.9 Å². The molecule has 3 rings (SSSR count). The third-order valence-electron chi connectivity index (χ3n) is 3.24. The van der Waals surface area contributed by atoms with Gasteiger partial charge in [-0.15, -0.1) is 5.10 Å². The highest BCUT2D eigenvalue weighted by Crippen LogP contribution is 2.19. The largest absolute Gasteiger partial charge is 0.322 e. The molecular weight excluding hydrogens is 304 g/mol. The number of tetrazole rings is 1. The standard InChI is InChI=1S/C15H11F2N5O/c1-9-2-4-11(7-14(9)22-8-18-20-21-22)19-15(23)10-3-5-12(16)13(17)6-10/h2-8H,1H3,(H,19,23). The van der Waals surface area contributed by atoms with E-state index in [-0.39, 0.29) is 5.56 Å². The first kappa shape index (κ1) is 14.8. The number of aromatic nitrogens is 4. The molecule has 1 heterocycles. The summed E-state index contributed by atoms with van der Waals surface area (Å²) in [6, 6.07) is 8.14. The summed E-state index contributed by atoms with van der Waals surface area (Å²) < 4.78 is 27.6. The number of nitrogens with one attached hydrogen (secondary N) is 1. The average Bonchev–Trinajstić information content (AvgIpc) is 3.06. The fraction of sp³-hybridized carbons (Fsp3) is 0.0667. The predicted molar refractivity (Wildman–Crippen MR) is 78.2 cm³/mol. The van der Waals surface area contributed by atoms with Crippen molar-refractivity contribution in [1.29, 1.82) is 0 Å². The Kier molecular flexibility index (Phi) is 3.80. The minimum absolute atomic E-state index is 0.0217. The Morgan fingerprint density at radius 3 is 2.65 bits per heavy atom. The number of hydrogen-bond donors (Lipinski definition) is 1. The Morgan fingerprint density at radius 2 is 1.96 bits per heavy atom. The molecule has 8 heteroatoms. The Labute approximate surface area is 129 Å². The molecule has 0 spiro atoms. The molecule has 3 aromatic rings. The first-order chi connectivity index (χ1) is 11.0. The summed E-state index contributed by atoms with van der Waals surface area (Å²) in [7, 11) is 0. The molecule has 116 valence electrons. The van der Waals surface area contributed by atoms with E-state index in [2.05, 4.69) is 20.8 Å². The van der Waals surface area contributed by atoms with E-state index in [1.54, 1.807) is 18.2 Å². The van der Waals surface area contributed by atoms with Crippen LogP contribution in [0, 0.1) is 18.6 Å². The smallest absolute Gasteiger partial charge is 0.255 e. The number of benzene rings is 2. The highest BCUT2D eigenvalue weighted by atomic mass is 19.2. The molecule has 0 radical (unpaired) electrons. The van der Waals surface area contributed by atoms with Crippen LogP contribution in [0.5, 0.6) is 0 Å². The van der Waals surface area contributed by atoms with Gasteiger partial charge in [-0.3, -0.25) is 4.79 Å². The lowest BCUT2D eigenvalue weighted by atomic mass is 10.1. The molecule has 0 bridgehead atoms. The number of halogens is 2. The minimum Gasteiger partial charge on any atom is -0.322 e. The Bertz CT molecular complexity index is 864. The first-order valence-electron chi connectivity index (χ1n) is 6.65. The maximum atomic E-state index is 13.2. The van der Waals surface area contributed by atoms with Gasteiger partial charge >= 0.3 is 0 Å². The lowest BCUT2D eigenvalue weighted by Crippen LogP contribution is -2.13. The van der Waals surface area contributed by atoms with Crippen molar-refractivity contribution in [3.05, 3.63) is 65.5 Å². The quantitative estimate of drug-likeness (QED) is 0.806. The van der Waals surface area contributed by atoms with Crippen LogP contribution in [0.3, 0.4) is 0 Å². The number of aryl methyl sites for hydroxylation is 1. The number of rotatable bonds is 3. The summed E-state index contributed by atoms with van der Waals surface area (Å²) in [4.78, 5) is 12.1. The fourth-order valence-corrected chi connectivity index (χ4v) is 2.05. The molecule has 1 aromatic heterocycles. The lowest BCUT2D eigenvalue weighted by Gasteiger charge is -2.09. The maximum Gasteiger partial charge on any atom is 0.255 e. The number of hydrogen-bond acceptors (Lipinski definition) is 4. The zero-order valence-electron chi connectivity index (χ0n) is 12.0. The van der Waals surface area contributed by atoms with Crippen LogP contribution < -0.4 is 5.32 Å². The molecule has 0 fully saturated rings. The van der Waals surface area contributed by atoms with Crippen LogP contribution in [0.15, 0.2) is 42.7 Å². The molecule has 23 heavy (non-hydrogen) atoms. The SMILES string of the molecule is Cc1ccc(NC(=O)c2ccc(F)c(F)c2)cc1-n1cnnn1. The van der Waals surface area contributed by atoms with E-state index in [1.165, 1.54) is 17.1 Å². The highest BCUT2D eigenvalue weighted by Gasteiger charge is 2.11. The van der Waals surface area contributed by atoms with Gasteiger partial charge in [-0.25, -0.2) is 13.5 Å². The van der Waals surface area contributed by atoms with E-state index >= 15 is 0 Å². The van der Waals surface area contributed by atoms with Gasteiger partial charge in [-0.05, 0) is 53.2 Å². The van der Waals surface area contributed by atoms with Crippen molar-refractivity contribution in [3.8, 4) is 5.69 Å². The van der Waals surface area contributed by atoms with Gasteiger partial charge in [0, 0.05) is 11.3 Å². The van der Waals surface area contributed by atoms with Gasteiger partial charge in [0.15, 0.2) is 11.6 Å². The normalized spacial score (nSPS) is 10.6. The third-order valence-corrected chi connectivity index (χ3v) is 3.24. The summed E-state index contributed by atoms with van der Waals surface area (Å²) >= 11 is 0. The van der Waals surface area contributed by atoms with Gasteiger partial charge < -0.3 is 5.32 Å². The lowest BCUT2D eigenvalue weighted by molar-refractivity contribution is 0.102. The molecule has 0 aliphatic heterocycles. The Balaban J connectivity index is 1.86.